The van der Waals surface area contributed by atoms with Gasteiger partial charge in [-0.3, -0.25) is 9.79 Å². The smallest absolute Gasteiger partial charge is 0.196 e. The van der Waals surface area contributed by atoms with Crippen LogP contribution in [0.2, 0.25) is 0 Å². The van der Waals surface area contributed by atoms with Crippen LogP contribution in [-0.4, -0.2) is 41.0 Å². The first-order valence-corrected chi connectivity index (χ1v) is 10.0. The van der Waals surface area contributed by atoms with Crippen molar-refractivity contribution in [3.8, 4) is 11.5 Å². The Hall–Kier alpha value is -2.78. The van der Waals surface area contributed by atoms with Gasteiger partial charge in [-0.2, -0.15) is 0 Å². The highest BCUT2D eigenvalue weighted by molar-refractivity contribution is 5.87. The Bertz CT molecular complexity index is 1000. The van der Waals surface area contributed by atoms with E-state index >= 15 is 0 Å². The molecule has 164 valence electrons. The predicted molar refractivity (Wildman–Crippen MR) is 113 cm³/mol. The Kier molecular flexibility index (Phi) is 6.23. The first-order chi connectivity index (χ1) is 14.1. The number of aliphatic imine (C=N–C) groups is 1. The maximum Gasteiger partial charge on any atom is 0.196 e. The molecule has 0 unspecified atom stereocenters. The van der Waals surface area contributed by atoms with E-state index in [1.54, 1.807) is 19.9 Å². The average Bonchev–Trinajstić information content (AvgIpc) is 3.09. The van der Waals surface area contributed by atoms with Gasteiger partial charge in [0.1, 0.15) is 40.4 Å². The molecule has 2 heterocycles. The number of aliphatic hydroxyl groups excluding tert-OH is 1. The van der Waals surface area contributed by atoms with Crippen LogP contribution in [0, 0.1) is 0 Å². The van der Waals surface area contributed by atoms with Crippen LogP contribution in [-0.2, 0) is 6.42 Å². The quantitative estimate of drug-likeness (QED) is 0.369. The van der Waals surface area contributed by atoms with Crippen LogP contribution in [0.15, 0.2) is 26.3 Å². The molecular formula is C21H29N3O6. The lowest BCUT2D eigenvalue weighted by Gasteiger charge is -2.24. The van der Waals surface area contributed by atoms with E-state index in [2.05, 4.69) is 4.99 Å². The molecule has 3 rings (SSSR count). The standard InChI is InChI=1S/C21H29N3O6/c1-4-7-28-19-11-8-17(21(2,3)27)30-14(11)10-16-18(19)13(26)9-15(29-16)12(25)5-6-24-20(22)23/h9-10,12,17,25,27H,4-8H2,1-3H3,(H4,22,23,24)/t12-,17+/m1/s1. The number of rotatable bonds is 8. The highest BCUT2D eigenvalue weighted by Crippen LogP contribution is 2.43. The second kappa shape index (κ2) is 8.53. The van der Waals surface area contributed by atoms with Gasteiger partial charge in [-0.25, -0.2) is 0 Å². The number of guanidine groups is 1. The van der Waals surface area contributed by atoms with Gasteiger partial charge in [0.2, 0.25) is 0 Å². The molecular weight excluding hydrogens is 390 g/mol. The first kappa shape index (κ1) is 21.9. The highest BCUT2D eigenvalue weighted by Gasteiger charge is 2.38. The van der Waals surface area contributed by atoms with Crippen LogP contribution >= 0.6 is 0 Å². The predicted octanol–water partition coefficient (Wildman–Crippen LogP) is 1.35. The third-order valence-electron chi connectivity index (χ3n) is 4.98. The minimum atomic E-state index is -1.07. The third kappa shape index (κ3) is 4.52. The summed E-state index contributed by atoms with van der Waals surface area (Å²) in [4.78, 5) is 16.8. The van der Waals surface area contributed by atoms with E-state index in [1.165, 1.54) is 6.07 Å². The van der Waals surface area contributed by atoms with Crippen LogP contribution in [0.3, 0.4) is 0 Å². The fourth-order valence-corrected chi connectivity index (χ4v) is 3.38. The zero-order valence-electron chi connectivity index (χ0n) is 17.5. The van der Waals surface area contributed by atoms with E-state index in [1.807, 2.05) is 6.92 Å². The summed E-state index contributed by atoms with van der Waals surface area (Å²) in [5.41, 5.74) is 10.2. The van der Waals surface area contributed by atoms with E-state index in [9.17, 15) is 15.0 Å². The van der Waals surface area contributed by atoms with Gasteiger partial charge < -0.3 is 35.6 Å². The Morgan fingerprint density at radius 1 is 1.40 bits per heavy atom. The molecule has 6 N–H and O–H groups in total. The zero-order valence-corrected chi connectivity index (χ0v) is 17.5. The van der Waals surface area contributed by atoms with Gasteiger partial charge in [-0.05, 0) is 20.3 Å². The van der Waals surface area contributed by atoms with Crippen molar-refractivity contribution in [2.45, 2.75) is 57.8 Å². The van der Waals surface area contributed by atoms with Gasteiger partial charge in [0.25, 0.3) is 0 Å². The molecule has 0 amide bonds. The number of benzene rings is 1. The molecule has 2 aromatic rings. The van der Waals surface area contributed by atoms with E-state index in [-0.39, 0.29) is 35.7 Å². The topological polar surface area (TPSA) is 154 Å². The molecule has 1 aliphatic rings. The number of hydrogen-bond acceptors (Lipinski definition) is 7. The lowest BCUT2D eigenvalue weighted by molar-refractivity contribution is -0.0229. The second-order valence-corrected chi connectivity index (χ2v) is 7.99. The summed E-state index contributed by atoms with van der Waals surface area (Å²) in [6.07, 6.45) is -0.172. The van der Waals surface area contributed by atoms with Gasteiger partial charge in [-0.1, -0.05) is 6.92 Å². The fraction of sp³-hybridized carbons (Fsp3) is 0.524. The number of aliphatic hydroxyl groups is 2. The average molecular weight is 419 g/mol. The van der Waals surface area contributed by atoms with Gasteiger partial charge >= 0.3 is 0 Å². The molecule has 0 fully saturated rings. The van der Waals surface area contributed by atoms with Crippen molar-refractivity contribution in [1.29, 1.82) is 0 Å². The molecule has 0 aliphatic carbocycles. The van der Waals surface area contributed by atoms with Crippen molar-refractivity contribution in [2.75, 3.05) is 13.2 Å². The monoisotopic (exact) mass is 419 g/mol. The second-order valence-electron chi connectivity index (χ2n) is 7.99. The summed E-state index contributed by atoms with van der Waals surface area (Å²) in [6.45, 7) is 5.92. The molecule has 0 radical (unpaired) electrons. The van der Waals surface area contributed by atoms with E-state index in [4.69, 9.17) is 25.4 Å². The number of ether oxygens (including phenoxy) is 2. The number of hydrogen-bond donors (Lipinski definition) is 4. The van der Waals surface area contributed by atoms with Crippen LogP contribution in [0.5, 0.6) is 11.5 Å². The third-order valence-corrected chi connectivity index (χ3v) is 4.98. The highest BCUT2D eigenvalue weighted by atomic mass is 16.5. The van der Waals surface area contributed by atoms with Crippen LogP contribution in [0.4, 0.5) is 0 Å². The first-order valence-electron chi connectivity index (χ1n) is 10.0. The van der Waals surface area contributed by atoms with Crippen LogP contribution < -0.4 is 26.4 Å². The van der Waals surface area contributed by atoms with Crippen molar-refractivity contribution >= 4 is 16.9 Å². The van der Waals surface area contributed by atoms with Crippen LogP contribution in [0.1, 0.15) is 51.0 Å². The number of nitrogens with zero attached hydrogens (tertiary/aromatic N) is 1. The Labute approximate surface area is 174 Å². The largest absolute Gasteiger partial charge is 0.492 e. The maximum atomic E-state index is 12.9. The Morgan fingerprint density at radius 3 is 2.77 bits per heavy atom. The molecule has 1 aromatic heterocycles. The van der Waals surface area contributed by atoms with Crippen molar-refractivity contribution in [3.63, 3.8) is 0 Å². The zero-order chi connectivity index (χ0) is 22.1. The van der Waals surface area contributed by atoms with Gasteiger partial charge in [0.15, 0.2) is 11.4 Å². The van der Waals surface area contributed by atoms with Gasteiger partial charge in [-0.15, -0.1) is 0 Å². The van der Waals surface area contributed by atoms with Crippen molar-refractivity contribution in [2.24, 2.45) is 16.5 Å². The number of nitrogens with two attached hydrogens (primary N) is 2. The molecule has 1 aliphatic heterocycles. The minimum absolute atomic E-state index is 0.0750. The lowest BCUT2D eigenvalue weighted by Crippen LogP contribution is -2.39. The Balaban J connectivity index is 2.06. The SMILES string of the molecule is CCCOc1c2c(cc3oc([C@H](O)CCN=C(N)N)cc(=O)c13)O[C@H](C(C)(C)O)C2. The van der Waals surface area contributed by atoms with E-state index in [0.29, 0.717) is 29.9 Å². The van der Waals surface area contributed by atoms with E-state index in [0.717, 1.165) is 12.0 Å². The molecule has 9 heteroatoms. The normalized spacial score (nSPS) is 16.8. The van der Waals surface area contributed by atoms with Crippen molar-refractivity contribution < 1.29 is 24.1 Å². The summed E-state index contributed by atoms with van der Waals surface area (Å²) in [5, 5.41) is 21.1. The molecule has 0 spiro atoms. The number of fused-ring (bicyclic) bond motifs is 2. The van der Waals surface area contributed by atoms with Crippen molar-refractivity contribution in [1.82, 2.24) is 0 Å². The molecule has 0 saturated heterocycles. The summed E-state index contributed by atoms with van der Waals surface area (Å²) < 4.78 is 17.7. The van der Waals surface area contributed by atoms with E-state index < -0.39 is 17.8 Å². The minimum Gasteiger partial charge on any atom is -0.492 e. The summed E-state index contributed by atoms with van der Waals surface area (Å²) >= 11 is 0. The Morgan fingerprint density at radius 2 is 2.13 bits per heavy atom. The molecule has 0 saturated carbocycles. The molecule has 30 heavy (non-hydrogen) atoms. The molecule has 1 aromatic carbocycles. The maximum absolute atomic E-state index is 12.9. The summed E-state index contributed by atoms with van der Waals surface area (Å²) in [5.74, 6) is 0.938. The van der Waals surface area contributed by atoms with Gasteiger partial charge in [0, 0.05) is 37.1 Å². The summed E-state index contributed by atoms with van der Waals surface area (Å²) in [6, 6.07) is 2.87. The molecule has 9 nitrogen and oxygen atoms in total. The lowest BCUT2D eigenvalue weighted by atomic mass is 9.96. The van der Waals surface area contributed by atoms with Crippen molar-refractivity contribution in [3.05, 3.63) is 33.7 Å². The molecule has 2 atom stereocenters. The van der Waals surface area contributed by atoms with Crippen LogP contribution in [0.25, 0.3) is 11.0 Å². The van der Waals surface area contributed by atoms with Gasteiger partial charge in [0.05, 0.1) is 12.2 Å². The summed E-state index contributed by atoms with van der Waals surface area (Å²) in [7, 11) is 0. The fourth-order valence-electron chi connectivity index (χ4n) is 3.38. The molecule has 0 bridgehead atoms.